The normalized spacial score (nSPS) is 12.9. The van der Waals surface area contributed by atoms with Crippen LogP contribution in [-0.4, -0.2) is 0 Å². The lowest BCUT2D eigenvalue weighted by atomic mass is 9.83. The highest BCUT2D eigenvalue weighted by Crippen LogP contribution is 2.49. The van der Waals surface area contributed by atoms with Crippen molar-refractivity contribution in [1.82, 2.24) is 0 Å². The minimum atomic E-state index is 0.0292. The number of hydrogen-bond acceptors (Lipinski definition) is 1. The van der Waals surface area contributed by atoms with Crippen molar-refractivity contribution in [1.29, 1.82) is 0 Å². The molecule has 0 amide bonds. The Balaban J connectivity index is 2.22. The number of nitrogens with zero attached hydrogens (tertiary/aromatic N) is 1. The second-order valence-corrected chi connectivity index (χ2v) is 7.92. The predicted octanol–water partition coefficient (Wildman–Crippen LogP) is 5.35. The molecule has 1 aromatic heterocycles. The Bertz CT molecular complexity index is 993. The molecule has 0 spiro atoms. The van der Waals surface area contributed by atoms with E-state index in [4.69, 9.17) is 4.74 Å². The maximum Gasteiger partial charge on any atom is 0.256 e. The number of fused-ring (bicyclic) bond motifs is 2. The maximum atomic E-state index is 6.46. The first-order valence-electron chi connectivity index (χ1n) is 8.53. The van der Waals surface area contributed by atoms with Gasteiger partial charge in [-0.25, -0.2) is 0 Å². The Labute approximate surface area is 143 Å². The molecule has 1 aliphatic rings. The van der Waals surface area contributed by atoms with Crippen molar-refractivity contribution >= 4 is 10.8 Å². The van der Waals surface area contributed by atoms with E-state index in [-0.39, 0.29) is 5.41 Å². The van der Waals surface area contributed by atoms with Gasteiger partial charge in [0.2, 0.25) is 5.75 Å². The first-order valence-corrected chi connectivity index (χ1v) is 8.53. The summed E-state index contributed by atoms with van der Waals surface area (Å²) in [5.41, 5.74) is 6.44. The fraction of sp³-hybridized carbons (Fsp3) is 0.318. The Kier molecular flexibility index (Phi) is 3.05. The maximum absolute atomic E-state index is 6.46. The van der Waals surface area contributed by atoms with Crippen LogP contribution >= 0.6 is 0 Å². The minimum absolute atomic E-state index is 0.0292. The fourth-order valence-corrected chi connectivity index (χ4v) is 3.76. The number of hydrogen-bond donors (Lipinski definition) is 0. The van der Waals surface area contributed by atoms with Gasteiger partial charge in [0.25, 0.3) is 5.69 Å². The highest BCUT2D eigenvalue weighted by Gasteiger charge is 2.34. The third-order valence-electron chi connectivity index (χ3n) is 5.18. The molecule has 24 heavy (non-hydrogen) atoms. The molecule has 0 bridgehead atoms. The van der Waals surface area contributed by atoms with Gasteiger partial charge in [-0.2, -0.15) is 4.57 Å². The van der Waals surface area contributed by atoms with E-state index in [1.807, 2.05) is 0 Å². The van der Waals surface area contributed by atoms with E-state index in [9.17, 15) is 0 Å². The van der Waals surface area contributed by atoms with Gasteiger partial charge >= 0.3 is 0 Å². The van der Waals surface area contributed by atoms with E-state index in [2.05, 4.69) is 82.8 Å². The minimum Gasteiger partial charge on any atom is -0.449 e. The van der Waals surface area contributed by atoms with Gasteiger partial charge in [0.1, 0.15) is 12.8 Å². The van der Waals surface area contributed by atoms with Crippen LogP contribution in [0.1, 0.15) is 37.5 Å². The summed E-state index contributed by atoms with van der Waals surface area (Å²) < 4.78 is 8.66. The lowest BCUT2D eigenvalue weighted by Crippen LogP contribution is -2.33. The van der Waals surface area contributed by atoms with Gasteiger partial charge in [-0.05, 0) is 41.8 Å². The number of pyridine rings is 1. The third kappa shape index (κ3) is 1.99. The van der Waals surface area contributed by atoms with E-state index in [1.165, 1.54) is 38.7 Å². The zero-order chi connectivity index (χ0) is 17.2. The molecule has 3 aromatic rings. The third-order valence-corrected chi connectivity index (χ3v) is 5.18. The van der Waals surface area contributed by atoms with Crippen LogP contribution in [-0.2, 0) is 12.5 Å². The molecule has 2 aromatic carbocycles. The average molecular weight is 318 g/mol. The molecule has 0 unspecified atom stereocenters. The Morgan fingerprint density at radius 2 is 1.79 bits per heavy atom. The van der Waals surface area contributed by atoms with Crippen LogP contribution < -0.4 is 9.30 Å². The number of benzene rings is 2. The zero-order valence-electron chi connectivity index (χ0n) is 15.3. The van der Waals surface area contributed by atoms with Crippen molar-refractivity contribution in [3.63, 3.8) is 0 Å². The first kappa shape index (κ1) is 15.2. The standard InChI is InChI=1S/C22H24NO/c1-13-12-15-8-7-9-17-19(15)18(14(13)2)20-21(24-17)16(22(3,4)5)10-11-23(20)6/h7-12H,1-6H3/q+1. The van der Waals surface area contributed by atoms with Crippen LogP contribution in [0.25, 0.3) is 22.0 Å². The summed E-state index contributed by atoms with van der Waals surface area (Å²) in [5.74, 6) is 1.97. The van der Waals surface area contributed by atoms with E-state index >= 15 is 0 Å². The molecule has 0 atom stereocenters. The van der Waals surface area contributed by atoms with Crippen LogP contribution in [0.15, 0.2) is 36.5 Å². The molecule has 2 nitrogen and oxygen atoms in total. The molecule has 0 aliphatic carbocycles. The van der Waals surface area contributed by atoms with E-state index in [0.29, 0.717) is 0 Å². The summed E-state index contributed by atoms with van der Waals surface area (Å²) in [6.45, 7) is 11.1. The van der Waals surface area contributed by atoms with E-state index in [0.717, 1.165) is 11.5 Å². The van der Waals surface area contributed by atoms with Gasteiger partial charge in [0.15, 0.2) is 6.20 Å². The van der Waals surface area contributed by atoms with Crippen LogP contribution in [0.3, 0.4) is 0 Å². The number of aromatic nitrogens is 1. The average Bonchev–Trinajstić information content (AvgIpc) is 2.50. The smallest absolute Gasteiger partial charge is 0.256 e. The topological polar surface area (TPSA) is 13.1 Å². The van der Waals surface area contributed by atoms with Crippen molar-refractivity contribution < 1.29 is 9.30 Å². The van der Waals surface area contributed by atoms with Gasteiger partial charge < -0.3 is 4.74 Å². The van der Waals surface area contributed by atoms with Gasteiger partial charge in [-0.1, -0.05) is 39.0 Å². The summed E-state index contributed by atoms with van der Waals surface area (Å²) in [5, 5.41) is 2.48. The van der Waals surface area contributed by atoms with E-state index < -0.39 is 0 Å². The molecule has 1 aliphatic heterocycles. The molecule has 0 N–H and O–H groups in total. The Hall–Kier alpha value is -2.35. The summed E-state index contributed by atoms with van der Waals surface area (Å²) >= 11 is 0. The lowest BCUT2D eigenvalue weighted by molar-refractivity contribution is -0.660. The second-order valence-electron chi connectivity index (χ2n) is 7.92. The molecule has 0 saturated heterocycles. The van der Waals surface area contributed by atoms with Gasteiger partial charge in [-0.3, -0.25) is 0 Å². The Morgan fingerprint density at radius 3 is 2.50 bits per heavy atom. The molecule has 2 heteroatoms. The van der Waals surface area contributed by atoms with Crippen LogP contribution in [0.4, 0.5) is 0 Å². The van der Waals surface area contributed by atoms with Crippen molar-refractivity contribution in [2.75, 3.05) is 0 Å². The van der Waals surface area contributed by atoms with Crippen LogP contribution in [0.2, 0.25) is 0 Å². The number of rotatable bonds is 0. The molecular formula is C22H24NO+. The van der Waals surface area contributed by atoms with E-state index in [1.54, 1.807) is 0 Å². The quantitative estimate of drug-likeness (QED) is 0.398. The summed E-state index contributed by atoms with van der Waals surface area (Å²) in [7, 11) is 2.11. The highest BCUT2D eigenvalue weighted by atomic mass is 16.5. The van der Waals surface area contributed by atoms with Gasteiger partial charge in [-0.15, -0.1) is 0 Å². The van der Waals surface area contributed by atoms with Crippen molar-refractivity contribution in [3.8, 4) is 22.8 Å². The summed E-state index contributed by atoms with van der Waals surface area (Å²) in [6, 6.07) is 10.8. The largest absolute Gasteiger partial charge is 0.449 e. The van der Waals surface area contributed by atoms with Crippen LogP contribution in [0, 0.1) is 13.8 Å². The monoisotopic (exact) mass is 318 g/mol. The van der Waals surface area contributed by atoms with Crippen molar-refractivity contribution in [2.24, 2.45) is 7.05 Å². The first-order chi connectivity index (χ1) is 11.3. The molecular weight excluding hydrogens is 294 g/mol. The van der Waals surface area contributed by atoms with Crippen molar-refractivity contribution in [3.05, 3.63) is 53.2 Å². The lowest BCUT2D eigenvalue weighted by Gasteiger charge is -2.27. The van der Waals surface area contributed by atoms with Gasteiger partial charge in [0, 0.05) is 17.0 Å². The summed E-state index contributed by atoms with van der Waals surface area (Å²) in [4.78, 5) is 0. The predicted molar refractivity (Wildman–Crippen MR) is 98.8 cm³/mol. The zero-order valence-corrected chi connectivity index (χ0v) is 15.3. The summed E-state index contributed by atoms with van der Waals surface area (Å²) in [6.07, 6.45) is 2.16. The molecule has 4 rings (SSSR count). The highest BCUT2D eigenvalue weighted by molar-refractivity contribution is 6.04. The molecule has 122 valence electrons. The molecule has 0 radical (unpaired) electrons. The van der Waals surface area contributed by atoms with Gasteiger partial charge in [0.05, 0.1) is 5.56 Å². The Morgan fingerprint density at radius 1 is 1.04 bits per heavy atom. The molecule has 2 heterocycles. The number of ether oxygens (including phenoxy) is 1. The fourth-order valence-electron chi connectivity index (χ4n) is 3.76. The second kappa shape index (κ2) is 4.83. The SMILES string of the molecule is Cc1cc2cccc3c2c(c1C)-c1c(c(C(C)(C)C)cc[n+]1C)O3. The number of aryl methyl sites for hydroxylation is 2. The molecule has 0 saturated carbocycles. The molecule has 0 fully saturated rings. The van der Waals surface area contributed by atoms with Crippen LogP contribution in [0.5, 0.6) is 11.5 Å². The van der Waals surface area contributed by atoms with Crippen molar-refractivity contribution in [2.45, 2.75) is 40.0 Å².